The lowest BCUT2D eigenvalue weighted by Crippen LogP contribution is -2.37. The summed E-state index contributed by atoms with van der Waals surface area (Å²) in [6, 6.07) is 3.88. The van der Waals surface area contributed by atoms with E-state index in [-0.39, 0.29) is 11.9 Å². The van der Waals surface area contributed by atoms with Gasteiger partial charge in [-0.15, -0.1) is 0 Å². The summed E-state index contributed by atoms with van der Waals surface area (Å²) in [5, 5.41) is 0. The number of hydrogen-bond donors (Lipinski definition) is 0. The molecule has 17 heavy (non-hydrogen) atoms. The molecule has 0 unspecified atom stereocenters. The van der Waals surface area contributed by atoms with Gasteiger partial charge in [0.15, 0.2) is 0 Å². The van der Waals surface area contributed by atoms with Crippen LogP contribution < -0.4 is 4.90 Å². The third-order valence-corrected chi connectivity index (χ3v) is 3.69. The van der Waals surface area contributed by atoms with Crippen molar-refractivity contribution in [2.45, 2.75) is 12.8 Å². The smallest absolute Gasteiger partial charge is 0.308 e. The van der Waals surface area contributed by atoms with Gasteiger partial charge in [0.1, 0.15) is 5.82 Å². The third-order valence-electron chi connectivity index (χ3n) is 3.07. The summed E-state index contributed by atoms with van der Waals surface area (Å²) in [6.45, 7) is 1.69. The number of methoxy groups -OCH3 is 1. The fraction of sp³-hybridized carbons (Fsp3) is 0.500. The molecule has 92 valence electrons. The maximum atomic E-state index is 11.4. The Kier molecular flexibility index (Phi) is 3.99. The first-order chi connectivity index (χ1) is 8.22. The maximum absolute atomic E-state index is 11.4. The van der Waals surface area contributed by atoms with Gasteiger partial charge in [0.25, 0.3) is 0 Å². The molecule has 4 nitrogen and oxygen atoms in total. The van der Waals surface area contributed by atoms with Crippen molar-refractivity contribution >= 4 is 27.7 Å². The molecule has 0 radical (unpaired) electrons. The Balaban J connectivity index is 2.00. The van der Waals surface area contributed by atoms with E-state index in [4.69, 9.17) is 4.74 Å². The maximum Gasteiger partial charge on any atom is 0.308 e. The molecule has 0 saturated carbocycles. The molecule has 1 aromatic heterocycles. The highest BCUT2D eigenvalue weighted by Crippen LogP contribution is 2.27. The lowest BCUT2D eigenvalue weighted by atomic mass is 9.97. The second kappa shape index (κ2) is 5.49. The van der Waals surface area contributed by atoms with Crippen LogP contribution in [-0.4, -0.2) is 31.2 Å². The molecule has 1 aliphatic heterocycles. The third kappa shape index (κ3) is 2.77. The first-order valence-corrected chi connectivity index (χ1v) is 6.45. The van der Waals surface area contributed by atoms with Crippen LogP contribution in [0, 0.1) is 5.92 Å². The average Bonchev–Trinajstić information content (AvgIpc) is 2.39. The van der Waals surface area contributed by atoms with Gasteiger partial charge < -0.3 is 9.64 Å². The molecule has 0 N–H and O–H groups in total. The molecule has 1 aliphatic rings. The SMILES string of the molecule is COC(=O)C1CCN(c2ncccc2Br)CC1. The number of pyridine rings is 1. The number of ether oxygens (including phenoxy) is 1. The van der Waals surface area contributed by atoms with Gasteiger partial charge >= 0.3 is 5.97 Å². The minimum absolute atomic E-state index is 0.0405. The molecule has 2 heterocycles. The van der Waals surface area contributed by atoms with Crippen LogP contribution in [0.4, 0.5) is 5.82 Å². The zero-order valence-corrected chi connectivity index (χ0v) is 11.3. The largest absolute Gasteiger partial charge is 0.469 e. The number of aromatic nitrogens is 1. The van der Waals surface area contributed by atoms with Crippen molar-refractivity contribution < 1.29 is 9.53 Å². The average molecular weight is 299 g/mol. The summed E-state index contributed by atoms with van der Waals surface area (Å²) in [5.41, 5.74) is 0. The van der Waals surface area contributed by atoms with Crippen molar-refractivity contribution in [1.29, 1.82) is 0 Å². The second-order valence-electron chi connectivity index (χ2n) is 4.09. The molecule has 0 atom stereocenters. The standard InChI is InChI=1S/C12H15BrN2O2/c1-17-12(16)9-4-7-15(8-5-9)11-10(13)3-2-6-14-11/h2-3,6,9H,4-5,7-8H2,1H3. The van der Waals surface area contributed by atoms with Gasteiger partial charge in [-0.25, -0.2) is 4.98 Å². The molecular weight excluding hydrogens is 284 g/mol. The minimum atomic E-state index is -0.0928. The Morgan fingerprint density at radius 2 is 2.24 bits per heavy atom. The van der Waals surface area contributed by atoms with Crippen LogP contribution in [0.2, 0.25) is 0 Å². The van der Waals surface area contributed by atoms with Crippen LogP contribution in [-0.2, 0) is 9.53 Å². The van der Waals surface area contributed by atoms with Crippen molar-refractivity contribution in [3.8, 4) is 0 Å². The first kappa shape index (κ1) is 12.4. The Morgan fingerprint density at radius 3 is 2.82 bits per heavy atom. The summed E-state index contributed by atoms with van der Waals surface area (Å²) in [6.07, 6.45) is 3.44. The van der Waals surface area contributed by atoms with Crippen molar-refractivity contribution in [3.63, 3.8) is 0 Å². The molecule has 0 amide bonds. The van der Waals surface area contributed by atoms with Crippen LogP contribution in [0.3, 0.4) is 0 Å². The van der Waals surface area contributed by atoms with Gasteiger partial charge in [-0.2, -0.15) is 0 Å². The van der Waals surface area contributed by atoms with E-state index in [0.717, 1.165) is 36.2 Å². The number of piperidine rings is 1. The summed E-state index contributed by atoms with van der Waals surface area (Å²) in [4.78, 5) is 18.0. The van der Waals surface area contributed by atoms with E-state index < -0.39 is 0 Å². The van der Waals surface area contributed by atoms with Crippen molar-refractivity contribution in [3.05, 3.63) is 22.8 Å². The highest BCUT2D eigenvalue weighted by atomic mass is 79.9. The molecule has 0 aliphatic carbocycles. The normalized spacial score (nSPS) is 16.9. The van der Waals surface area contributed by atoms with Gasteiger partial charge in [0.2, 0.25) is 0 Å². The van der Waals surface area contributed by atoms with E-state index in [9.17, 15) is 4.79 Å². The van der Waals surface area contributed by atoms with Crippen molar-refractivity contribution in [1.82, 2.24) is 4.98 Å². The van der Waals surface area contributed by atoms with Crippen molar-refractivity contribution in [2.75, 3.05) is 25.1 Å². The van der Waals surface area contributed by atoms with Gasteiger partial charge in [0.05, 0.1) is 17.5 Å². The lowest BCUT2D eigenvalue weighted by Gasteiger charge is -2.31. The van der Waals surface area contributed by atoms with Crippen LogP contribution in [0.5, 0.6) is 0 Å². The number of carbonyl (C=O) groups is 1. The van der Waals surface area contributed by atoms with Crippen LogP contribution in [0.15, 0.2) is 22.8 Å². The number of hydrogen-bond acceptors (Lipinski definition) is 4. The van der Waals surface area contributed by atoms with E-state index in [2.05, 4.69) is 25.8 Å². The lowest BCUT2D eigenvalue weighted by molar-refractivity contribution is -0.146. The van der Waals surface area contributed by atoms with Crippen LogP contribution >= 0.6 is 15.9 Å². The fourth-order valence-electron chi connectivity index (χ4n) is 2.10. The Bertz CT molecular complexity index is 403. The summed E-state index contributed by atoms with van der Waals surface area (Å²) < 4.78 is 5.77. The van der Waals surface area contributed by atoms with Crippen molar-refractivity contribution in [2.24, 2.45) is 5.92 Å². The molecule has 1 aromatic rings. The highest BCUT2D eigenvalue weighted by molar-refractivity contribution is 9.10. The summed E-state index contributed by atoms with van der Waals surface area (Å²) in [5.74, 6) is 0.902. The molecule has 2 rings (SSSR count). The quantitative estimate of drug-likeness (QED) is 0.785. The summed E-state index contributed by atoms with van der Waals surface area (Å²) >= 11 is 3.49. The highest BCUT2D eigenvalue weighted by Gasteiger charge is 2.26. The Hall–Kier alpha value is -1.10. The van der Waals surface area contributed by atoms with E-state index in [1.165, 1.54) is 7.11 Å². The number of carbonyl (C=O) groups excluding carboxylic acids is 1. The zero-order valence-electron chi connectivity index (χ0n) is 9.73. The van der Waals surface area contributed by atoms with Gasteiger partial charge in [-0.05, 0) is 40.9 Å². The predicted molar refractivity (Wildman–Crippen MR) is 68.9 cm³/mol. The molecule has 0 aromatic carbocycles. The van der Waals surface area contributed by atoms with Gasteiger partial charge in [-0.3, -0.25) is 4.79 Å². The topological polar surface area (TPSA) is 42.4 Å². The molecular formula is C12H15BrN2O2. The number of halogens is 1. The summed E-state index contributed by atoms with van der Waals surface area (Å²) in [7, 11) is 1.45. The van der Waals surface area contributed by atoms with Crippen LogP contribution in [0.25, 0.3) is 0 Å². The van der Waals surface area contributed by atoms with Crippen LogP contribution in [0.1, 0.15) is 12.8 Å². The fourth-order valence-corrected chi connectivity index (χ4v) is 2.61. The molecule has 0 spiro atoms. The van der Waals surface area contributed by atoms with E-state index in [1.807, 2.05) is 12.1 Å². The van der Waals surface area contributed by atoms with E-state index in [1.54, 1.807) is 6.20 Å². The molecule has 1 fully saturated rings. The number of anilines is 1. The van der Waals surface area contributed by atoms with E-state index in [0.29, 0.717) is 0 Å². The zero-order chi connectivity index (χ0) is 12.3. The Labute approximate surface area is 109 Å². The number of rotatable bonds is 2. The second-order valence-corrected chi connectivity index (χ2v) is 4.95. The van der Waals surface area contributed by atoms with Gasteiger partial charge in [-0.1, -0.05) is 0 Å². The number of nitrogens with zero attached hydrogens (tertiary/aromatic N) is 2. The molecule has 5 heteroatoms. The number of esters is 1. The molecule has 0 bridgehead atoms. The van der Waals surface area contributed by atoms with Gasteiger partial charge in [0, 0.05) is 19.3 Å². The minimum Gasteiger partial charge on any atom is -0.469 e. The monoisotopic (exact) mass is 298 g/mol. The first-order valence-electron chi connectivity index (χ1n) is 5.65. The van der Waals surface area contributed by atoms with E-state index >= 15 is 0 Å². The predicted octanol–water partition coefficient (Wildman–Crippen LogP) is 2.23. The Morgan fingerprint density at radius 1 is 1.53 bits per heavy atom. The molecule has 1 saturated heterocycles.